The van der Waals surface area contributed by atoms with Gasteiger partial charge in [-0.05, 0) is 76.8 Å². The number of likely N-dealkylation sites (tertiary alicyclic amines) is 1. The molecule has 2 fully saturated rings. The molecule has 0 bridgehead atoms. The molecule has 0 unspecified atom stereocenters. The SMILES string of the molecule is CNC[C@H](C=C1CCC(C)CC1)NC(=O)N1CCC[C@@H]([C@@](O)(CCCCO)c2ccccc2F)C1. The number of carbonyl (C=O) groups is 1. The van der Waals surface area contributed by atoms with Crippen LogP contribution in [0.15, 0.2) is 35.9 Å². The van der Waals surface area contributed by atoms with E-state index in [0.29, 0.717) is 38.9 Å². The Kier molecular flexibility index (Phi) is 10.6. The smallest absolute Gasteiger partial charge is 0.317 e. The number of urea groups is 1. The molecule has 3 rings (SSSR count). The number of benzene rings is 1. The lowest BCUT2D eigenvalue weighted by atomic mass is 9.74. The Labute approximate surface area is 210 Å². The zero-order valence-corrected chi connectivity index (χ0v) is 21.4. The lowest BCUT2D eigenvalue weighted by Crippen LogP contribution is -2.53. The second kappa shape index (κ2) is 13.4. The first kappa shape index (κ1) is 27.6. The van der Waals surface area contributed by atoms with E-state index in [-0.39, 0.29) is 30.2 Å². The molecule has 2 aliphatic rings. The van der Waals surface area contributed by atoms with Crippen LogP contribution >= 0.6 is 0 Å². The molecule has 4 N–H and O–H groups in total. The third-order valence-corrected chi connectivity index (χ3v) is 7.78. The number of hydrogen-bond donors (Lipinski definition) is 4. The van der Waals surface area contributed by atoms with Crippen LogP contribution in [0, 0.1) is 17.7 Å². The number of halogens is 1. The van der Waals surface area contributed by atoms with E-state index in [4.69, 9.17) is 0 Å². The van der Waals surface area contributed by atoms with Crippen LogP contribution in [0.2, 0.25) is 0 Å². The summed E-state index contributed by atoms with van der Waals surface area (Å²) in [5.41, 5.74) is 0.317. The highest BCUT2D eigenvalue weighted by molar-refractivity contribution is 5.75. The van der Waals surface area contributed by atoms with Crippen molar-refractivity contribution in [1.82, 2.24) is 15.5 Å². The van der Waals surface area contributed by atoms with Gasteiger partial charge in [-0.25, -0.2) is 9.18 Å². The first-order valence-electron chi connectivity index (χ1n) is 13.3. The third-order valence-electron chi connectivity index (χ3n) is 7.78. The van der Waals surface area contributed by atoms with Gasteiger partial charge >= 0.3 is 6.03 Å². The van der Waals surface area contributed by atoms with Gasteiger partial charge in [0.25, 0.3) is 0 Å². The van der Waals surface area contributed by atoms with Crippen molar-refractivity contribution >= 4 is 6.03 Å². The number of allylic oxidation sites excluding steroid dienone is 1. The van der Waals surface area contributed by atoms with Gasteiger partial charge < -0.3 is 25.7 Å². The maximum absolute atomic E-state index is 14.8. The summed E-state index contributed by atoms with van der Waals surface area (Å²) >= 11 is 0. The van der Waals surface area contributed by atoms with E-state index in [9.17, 15) is 19.4 Å². The van der Waals surface area contributed by atoms with Crippen LogP contribution in [-0.2, 0) is 5.60 Å². The standard InChI is InChI=1S/C28H44FN3O3/c1-21-11-13-22(14-12-21)18-24(19-30-2)31-27(34)32-16-7-8-23(20-32)28(35,15-5-6-17-33)25-9-3-4-10-26(25)29/h3-4,9-10,18,21,23-24,30,33,35H,5-8,11-17,19-20H2,1-2H3,(H,31,34)/t21?,23-,24+,28+/m1/s1. The van der Waals surface area contributed by atoms with Gasteiger partial charge in [0.15, 0.2) is 0 Å². The summed E-state index contributed by atoms with van der Waals surface area (Å²) in [6, 6.07) is 6.16. The van der Waals surface area contributed by atoms with Crippen LogP contribution < -0.4 is 10.6 Å². The predicted molar refractivity (Wildman–Crippen MR) is 137 cm³/mol. The number of nitrogens with one attached hydrogen (secondary N) is 2. The maximum atomic E-state index is 14.8. The van der Waals surface area contributed by atoms with E-state index in [0.717, 1.165) is 31.6 Å². The summed E-state index contributed by atoms with van der Waals surface area (Å²) in [7, 11) is 1.89. The Morgan fingerprint density at radius 3 is 2.69 bits per heavy atom. The minimum absolute atomic E-state index is 0.0355. The lowest BCUT2D eigenvalue weighted by molar-refractivity contribution is -0.0585. The van der Waals surface area contributed by atoms with Crippen molar-refractivity contribution in [2.45, 2.75) is 76.4 Å². The maximum Gasteiger partial charge on any atom is 0.317 e. The van der Waals surface area contributed by atoms with Gasteiger partial charge in [0.2, 0.25) is 0 Å². The molecular formula is C28H44FN3O3. The molecule has 6 nitrogen and oxygen atoms in total. The topological polar surface area (TPSA) is 84.8 Å². The van der Waals surface area contributed by atoms with Crippen molar-refractivity contribution in [3.8, 4) is 0 Å². The predicted octanol–water partition coefficient (Wildman–Crippen LogP) is 4.32. The van der Waals surface area contributed by atoms with Crippen LogP contribution in [0.1, 0.15) is 70.3 Å². The molecule has 0 spiro atoms. The molecule has 0 aromatic heterocycles. The Morgan fingerprint density at radius 1 is 1.26 bits per heavy atom. The van der Waals surface area contributed by atoms with Gasteiger partial charge in [-0.3, -0.25) is 0 Å². The van der Waals surface area contributed by atoms with Gasteiger partial charge in [-0.15, -0.1) is 0 Å². The van der Waals surface area contributed by atoms with E-state index < -0.39 is 11.4 Å². The summed E-state index contributed by atoms with van der Waals surface area (Å²) in [4.78, 5) is 15.1. The normalized spacial score (nSPS) is 23.5. The Hall–Kier alpha value is -1.96. The summed E-state index contributed by atoms with van der Waals surface area (Å²) in [5, 5.41) is 27.4. The second-order valence-corrected chi connectivity index (χ2v) is 10.5. The average Bonchev–Trinajstić information content (AvgIpc) is 2.86. The minimum atomic E-state index is -1.38. The summed E-state index contributed by atoms with van der Waals surface area (Å²) in [6.07, 6.45) is 9.75. The van der Waals surface area contributed by atoms with Gasteiger partial charge in [-0.1, -0.05) is 36.8 Å². The Bertz CT molecular complexity index is 838. The molecule has 35 heavy (non-hydrogen) atoms. The fourth-order valence-corrected chi connectivity index (χ4v) is 5.63. The molecular weight excluding hydrogens is 445 g/mol. The second-order valence-electron chi connectivity index (χ2n) is 10.5. The molecule has 7 heteroatoms. The van der Waals surface area contributed by atoms with Crippen LogP contribution in [-0.4, -0.2) is 60.5 Å². The Morgan fingerprint density at radius 2 is 2.00 bits per heavy atom. The molecule has 196 valence electrons. The molecule has 3 atom stereocenters. The quantitative estimate of drug-likeness (QED) is 0.291. The number of likely N-dealkylation sites (N-methyl/N-ethyl adjacent to an activating group) is 1. The fourth-order valence-electron chi connectivity index (χ4n) is 5.63. The molecule has 1 aromatic rings. The highest BCUT2D eigenvalue weighted by Gasteiger charge is 2.42. The van der Waals surface area contributed by atoms with Gasteiger partial charge in [-0.2, -0.15) is 0 Å². The molecule has 2 amide bonds. The molecule has 1 aliphatic heterocycles. The van der Waals surface area contributed by atoms with Crippen molar-refractivity contribution in [2.24, 2.45) is 11.8 Å². The van der Waals surface area contributed by atoms with Crippen LogP contribution in [0.4, 0.5) is 9.18 Å². The Balaban J connectivity index is 1.72. The number of aliphatic hydroxyl groups excluding tert-OH is 1. The number of hydrogen-bond acceptors (Lipinski definition) is 4. The van der Waals surface area contributed by atoms with Crippen molar-refractivity contribution in [3.63, 3.8) is 0 Å². The van der Waals surface area contributed by atoms with Crippen LogP contribution in [0.5, 0.6) is 0 Å². The van der Waals surface area contributed by atoms with E-state index in [1.807, 2.05) is 7.05 Å². The zero-order valence-electron chi connectivity index (χ0n) is 21.4. The summed E-state index contributed by atoms with van der Waals surface area (Å²) in [6.45, 7) is 3.97. The number of carbonyl (C=O) groups excluding carboxylic acids is 1. The van der Waals surface area contributed by atoms with Crippen molar-refractivity contribution < 1.29 is 19.4 Å². The number of unbranched alkanes of at least 4 members (excludes halogenated alkanes) is 1. The summed E-state index contributed by atoms with van der Waals surface area (Å²) < 4.78 is 14.8. The number of rotatable bonds is 10. The third kappa shape index (κ3) is 7.51. The average molecular weight is 490 g/mol. The first-order valence-corrected chi connectivity index (χ1v) is 13.3. The van der Waals surface area contributed by atoms with Gasteiger partial charge in [0.05, 0.1) is 11.6 Å². The van der Waals surface area contributed by atoms with Crippen molar-refractivity contribution in [2.75, 3.05) is 33.3 Å². The zero-order chi connectivity index (χ0) is 25.3. The molecule has 1 saturated heterocycles. The molecule has 1 heterocycles. The molecule has 0 radical (unpaired) electrons. The molecule has 1 aliphatic carbocycles. The number of amides is 2. The van der Waals surface area contributed by atoms with E-state index in [2.05, 4.69) is 23.6 Å². The minimum Gasteiger partial charge on any atom is -0.396 e. The molecule has 1 saturated carbocycles. The number of aliphatic hydroxyl groups is 2. The van der Waals surface area contributed by atoms with Crippen molar-refractivity contribution in [3.05, 3.63) is 47.3 Å². The largest absolute Gasteiger partial charge is 0.396 e. The van der Waals surface area contributed by atoms with Crippen LogP contribution in [0.3, 0.4) is 0 Å². The lowest BCUT2D eigenvalue weighted by Gasteiger charge is -2.43. The van der Waals surface area contributed by atoms with E-state index in [1.54, 1.807) is 23.1 Å². The summed E-state index contributed by atoms with van der Waals surface area (Å²) in [5.74, 6) is 0.0574. The van der Waals surface area contributed by atoms with E-state index >= 15 is 0 Å². The van der Waals surface area contributed by atoms with Gasteiger partial charge in [0.1, 0.15) is 5.82 Å². The van der Waals surface area contributed by atoms with Crippen molar-refractivity contribution in [1.29, 1.82) is 0 Å². The highest BCUT2D eigenvalue weighted by Crippen LogP contribution is 2.40. The van der Waals surface area contributed by atoms with E-state index in [1.165, 1.54) is 24.5 Å². The molecule has 1 aromatic carbocycles. The fraction of sp³-hybridized carbons (Fsp3) is 0.679. The number of piperidine rings is 1. The highest BCUT2D eigenvalue weighted by atomic mass is 19.1. The van der Waals surface area contributed by atoms with Gasteiger partial charge in [0, 0.05) is 37.7 Å². The van der Waals surface area contributed by atoms with Crippen LogP contribution in [0.25, 0.3) is 0 Å². The number of nitrogens with zero attached hydrogens (tertiary/aromatic N) is 1. The monoisotopic (exact) mass is 489 g/mol. The first-order chi connectivity index (χ1) is 16.9.